The van der Waals surface area contributed by atoms with Crippen LogP contribution in [-0.2, 0) is 19.1 Å². The Morgan fingerprint density at radius 2 is 0.554 bits per heavy atom. The van der Waals surface area contributed by atoms with E-state index in [1.165, 1.54) is 64.2 Å². The molecule has 1 unspecified atom stereocenters. The summed E-state index contributed by atoms with van der Waals surface area (Å²) in [5, 5.41) is 9.66. The molecule has 0 bridgehead atoms. The molecular weight excluding hydrogens is 909 g/mol. The molecule has 0 aliphatic heterocycles. The van der Waals surface area contributed by atoms with Gasteiger partial charge in [0, 0.05) is 12.8 Å². The molecule has 74 heavy (non-hydrogen) atoms. The number of ether oxygens (including phenoxy) is 2. The van der Waals surface area contributed by atoms with Gasteiger partial charge in [0.05, 0.1) is 6.61 Å². The average molecular weight is 1020 g/mol. The van der Waals surface area contributed by atoms with E-state index in [1.807, 2.05) is 0 Å². The Bertz CT molecular complexity index is 1720. The van der Waals surface area contributed by atoms with Crippen LogP contribution >= 0.6 is 0 Å². The van der Waals surface area contributed by atoms with Gasteiger partial charge in [0.25, 0.3) is 0 Å². The molecule has 0 aliphatic carbocycles. The van der Waals surface area contributed by atoms with Crippen LogP contribution in [-0.4, -0.2) is 36.4 Å². The number of carbonyl (C=O) groups is 2. The van der Waals surface area contributed by atoms with Gasteiger partial charge in [-0.1, -0.05) is 260 Å². The van der Waals surface area contributed by atoms with E-state index >= 15 is 0 Å². The Labute approximate surface area is 455 Å². The maximum absolute atomic E-state index is 12.3. The third kappa shape index (κ3) is 59.6. The van der Waals surface area contributed by atoms with Crippen LogP contribution in [0.1, 0.15) is 219 Å². The lowest BCUT2D eigenvalue weighted by molar-refractivity contribution is -0.161. The summed E-state index contributed by atoms with van der Waals surface area (Å²) < 4.78 is 10.7. The van der Waals surface area contributed by atoms with Crippen LogP contribution in [0.3, 0.4) is 0 Å². The van der Waals surface area contributed by atoms with Crippen LogP contribution in [0.25, 0.3) is 0 Å². The second-order valence-electron chi connectivity index (χ2n) is 18.6. The lowest BCUT2D eigenvalue weighted by atomic mass is 10.0. The van der Waals surface area contributed by atoms with Gasteiger partial charge in [-0.2, -0.15) is 0 Å². The Kier molecular flexibility index (Phi) is 58.1. The Morgan fingerprint density at radius 1 is 0.311 bits per heavy atom. The number of unbranched alkanes of at least 4 members (excludes halogenated alkanes) is 13. The van der Waals surface area contributed by atoms with Crippen LogP contribution in [0.15, 0.2) is 182 Å². The van der Waals surface area contributed by atoms with Crippen molar-refractivity contribution in [3.8, 4) is 0 Å². The summed E-state index contributed by atoms with van der Waals surface area (Å²) in [6.45, 7) is 3.85. The van der Waals surface area contributed by atoms with Crippen molar-refractivity contribution in [3.05, 3.63) is 182 Å². The fraction of sp³-hybridized carbons (Fsp3) is 0.536. The molecular formula is C69H106O5. The number of rotatable bonds is 51. The summed E-state index contributed by atoms with van der Waals surface area (Å²) in [7, 11) is 0. The fourth-order valence-electron chi connectivity index (χ4n) is 7.38. The summed E-state index contributed by atoms with van der Waals surface area (Å²) in [5.74, 6) is -0.676. The molecule has 1 atom stereocenters. The summed E-state index contributed by atoms with van der Waals surface area (Å²) in [6.07, 6.45) is 98.6. The largest absolute Gasteiger partial charge is 0.462 e. The van der Waals surface area contributed by atoms with Gasteiger partial charge in [-0.05, 0) is 128 Å². The predicted octanol–water partition coefficient (Wildman–Crippen LogP) is 20.3. The predicted molar refractivity (Wildman–Crippen MR) is 324 cm³/mol. The number of carbonyl (C=O) groups excluding carboxylic acids is 2. The summed E-state index contributed by atoms with van der Waals surface area (Å²) in [5.41, 5.74) is 0. The first kappa shape index (κ1) is 69.0. The normalized spacial score (nSPS) is 13.6. The molecule has 0 aliphatic rings. The van der Waals surface area contributed by atoms with E-state index in [-0.39, 0.29) is 31.6 Å². The first-order valence-electron chi connectivity index (χ1n) is 29.3. The Hall–Kier alpha value is -5.00. The van der Waals surface area contributed by atoms with Crippen LogP contribution in [0.4, 0.5) is 0 Å². The Balaban J connectivity index is 3.66. The maximum Gasteiger partial charge on any atom is 0.306 e. The van der Waals surface area contributed by atoms with Crippen molar-refractivity contribution in [1.82, 2.24) is 0 Å². The van der Waals surface area contributed by atoms with Crippen molar-refractivity contribution < 1.29 is 24.2 Å². The minimum Gasteiger partial charge on any atom is -0.462 e. The zero-order valence-electron chi connectivity index (χ0n) is 47.0. The van der Waals surface area contributed by atoms with Gasteiger partial charge in [0.15, 0.2) is 6.10 Å². The van der Waals surface area contributed by atoms with Crippen LogP contribution in [0, 0.1) is 0 Å². The molecule has 0 rings (SSSR count). The monoisotopic (exact) mass is 1010 g/mol. The van der Waals surface area contributed by atoms with Crippen LogP contribution < -0.4 is 0 Å². The highest BCUT2D eigenvalue weighted by atomic mass is 16.6. The number of aliphatic hydroxyl groups is 1. The molecule has 0 saturated carbocycles. The standard InChI is InChI=1S/C69H106O5/c1-3-5-7-9-11-13-15-17-19-21-23-25-27-29-31-33-34-36-37-39-41-43-45-47-49-51-53-55-57-59-61-63-68(71)73-66-67(65-70)74-69(72)64-62-60-58-56-54-52-50-48-46-44-42-40-38-35-32-30-28-26-24-22-20-18-16-14-12-10-8-6-4-2/h5-8,11-14,17-20,23-26,29-32,34,36,38,40,44,46,50,52,56,58,67,70H,3-4,9-10,15-16,21-22,27-28,33,35,37,39,41-43,45,47-49,51,53-55,57,59-66H2,1-2H3/b7-5-,8-6-,13-11-,14-12-,19-17-,20-18-,25-23-,26-24-,31-29-,32-30-,36-34-,40-38-,46-44-,52-50-,58-56-. The van der Waals surface area contributed by atoms with E-state index in [1.54, 1.807) is 0 Å². The number of hydrogen-bond acceptors (Lipinski definition) is 5. The number of allylic oxidation sites excluding steroid dienone is 30. The fourth-order valence-corrected chi connectivity index (χ4v) is 7.38. The third-order valence-corrected chi connectivity index (χ3v) is 11.7. The van der Waals surface area contributed by atoms with Gasteiger partial charge in [-0.25, -0.2) is 0 Å². The van der Waals surface area contributed by atoms with E-state index in [0.717, 1.165) is 122 Å². The van der Waals surface area contributed by atoms with Gasteiger partial charge < -0.3 is 14.6 Å². The minimum atomic E-state index is -0.819. The molecule has 0 aromatic rings. The zero-order valence-corrected chi connectivity index (χ0v) is 47.0. The van der Waals surface area contributed by atoms with Gasteiger partial charge in [0.2, 0.25) is 0 Å². The zero-order chi connectivity index (χ0) is 53.4. The van der Waals surface area contributed by atoms with Crippen molar-refractivity contribution in [2.24, 2.45) is 0 Å². The number of aliphatic hydroxyl groups excluding tert-OH is 1. The van der Waals surface area contributed by atoms with Crippen molar-refractivity contribution in [2.45, 2.75) is 225 Å². The molecule has 5 heteroatoms. The van der Waals surface area contributed by atoms with Crippen molar-refractivity contribution >= 4 is 11.9 Å². The van der Waals surface area contributed by atoms with E-state index < -0.39 is 6.10 Å². The van der Waals surface area contributed by atoms with Crippen molar-refractivity contribution in [2.75, 3.05) is 13.2 Å². The molecule has 0 fully saturated rings. The third-order valence-electron chi connectivity index (χ3n) is 11.7. The lowest BCUT2D eigenvalue weighted by Crippen LogP contribution is -2.28. The highest BCUT2D eigenvalue weighted by Gasteiger charge is 2.16. The minimum absolute atomic E-state index is 0.103. The van der Waals surface area contributed by atoms with E-state index in [2.05, 4.69) is 196 Å². The smallest absolute Gasteiger partial charge is 0.306 e. The second kappa shape index (κ2) is 62.3. The number of esters is 2. The topological polar surface area (TPSA) is 72.8 Å². The van der Waals surface area contributed by atoms with E-state index in [4.69, 9.17) is 9.47 Å². The number of hydrogen-bond donors (Lipinski definition) is 1. The van der Waals surface area contributed by atoms with Crippen LogP contribution in [0.2, 0.25) is 0 Å². The second-order valence-corrected chi connectivity index (χ2v) is 18.6. The Morgan fingerprint density at radius 3 is 0.851 bits per heavy atom. The molecule has 0 aromatic heterocycles. The lowest BCUT2D eigenvalue weighted by Gasteiger charge is -2.15. The SMILES string of the molecule is CC/C=C\C/C=C\C/C=C\C/C=C\C/C=C\C/C=C\C/C=C\C/C=C\C/C=C\CCCC(=O)OC(CO)COC(=O)CCCCCCCCCCCCCC/C=C\C/C=C\C/C=C\C/C=C\C/C=C\C/C=C\CC. The van der Waals surface area contributed by atoms with Crippen LogP contribution in [0.5, 0.6) is 0 Å². The summed E-state index contributed by atoms with van der Waals surface area (Å²) >= 11 is 0. The first-order valence-corrected chi connectivity index (χ1v) is 29.3. The molecule has 0 spiro atoms. The highest BCUT2D eigenvalue weighted by molar-refractivity contribution is 5.70. The molecule has 0 aromatic carbocycles. The summed E-state index contributed by atoms with van der Waals surface area (Å²) in [6, 6.07) is 0. The van der Waals surface area contributed by atoms with Crippen molar-refractivity contribution in [3.63, 3.8) is 0 Å². The molecule has 5 nitrogen and oxygen atoms in total. The van der Waals surface area contributed by atoms with E-state index in [9.17, 15) is 14.7 Å². The molecule has 0 radical (unpaired) electrons. The molecule has 0 amide bonds. The molecule has 0 saturated heterocycles. The van der Waals surface area contributed by atoms with Gasteiger partial charge in [-0.3, -0.25) is 9.59 Å². The van der Waals surface area contributed by atoms with Gasteiger partial charge in [0.1, 0.15) is 6.61 Å². The van der Waals surface area contributed by atoms with Gasteiger partial charge >= 0.3 is 11.9 Å². The first-order chi connectivity index (χ1) is 36.6. The quantitative estimate of drug-likeness (QED) is 0.0373. The highest BCUT2D eigenvalue weighted by Crippen LogP contribution is 2.14. The maximum atomic E-state index is 12.3. The van der Waals surface area contributed by atoms with E-state index in [0.29, 0.717) is 12.8 Å². The molecule has 0 heterocycles. The molecule has 412 valence electrons. The van der Waals surface area contributed by atoms with Gasteiger partial charge in [-0.15, -0.1) is 0 Å². The van der Waals surface area contributed by atoms with Crippen molar-refractivity contribution in [1.29, 1.82) is 0 Å². The summed E-state index contributed by atoms with van der Waals surface area (Å²) in [4.78, 5) is 24.5. The molecule has 1 N–H and O–H groups in total. The average Bonchev–Trinajstić information content (AvgIpc) is 3.40.